The van der Waals surface area contributed by atoms with Gasteiger partial charge in [0.25, 0.3) is 0 Å². The second kappa shape index (κ2) is 28.0. The van der Waals surface area contributed by atoms with E-state index >= 15 is 0 Å². The molecule has 0 fully saturated rings. The molecule has 2 heterocycles. The summed E-state index contributed by atoms with van der Waals surface area (Å²) >= 11 is 0. The molecule has 2 unspecified atom stereocenters. The van der Waals surface area contributed by atoms with Crippen LogP contribution in [-0.2, 0) is 44.7 Å². The van der Waals surface area contributed by atoms with Crippen molar-refractivity contribution in [1.82, 2.24) is 9.97 Å². The first-order valence-electron chi connectivity index (χ1n) is 28.1. The maximum absolute atomic E-state index is 14.9. The van der Waals surface area contributed by atoms with E-state index in [9.17, 15) is 29.1 Å². The number of methoxy groups -OCH3 is 1. The van der Waals surface area contributed by atoms with Crippen LogP contribution in [0.2, 0.25) is 0 Å². The van der Waals surface area contributed by atoms with Gasteiger partial charge in [-0.2, -0.15) is 0 Å². The van der Waals surface area contributed by atoms with Crippen LogP contribution < -0.4 is 25.4 Å². The number of aromatic hydroxyl groups is 1. The second-order valence-electron chi connectivity index (χ2n) is 20.3. The van der Waals surface area contributed by atoms with Crippen LogP contribution in [0.3, 0.4) is 0 Å². The first kappa shape index (κ1) is 59.1. The highest BCUT2D eigenvalue weighted by atomic mass is 16.6. The van der Waals surface area contributed by atoms with Gasteiger partial charge >= 0.3 is 18.0 Å². The number of hydrogen-bond donors (Lipinski definition) is 4. The van der Waals surface area contributed by atoms with Crippen LogP contribution in [0.5, 0.6) is 17.2 Å². The van der Waals surface area contributed by atoms with Crippen molar-refractivity contribution < 1.29 is 56.9 Å². The number of esters is 2. The van der Waals surface area contributed by atoms with Gasteiger partial charge in [-0.1, -0.05) is 109 Å². The topological polar surface area (TPSA) is 231 Å². The Hall–Kier alpha value is -11.1. The monoisotopic (exact) mass is 1160 g/mol. The molecular formula is C70H61N5O12. The number of phenols is 1. The van der Waals surface area contributed by atoms with E-state index in [-0.39, 0.29) is 52.2 Å². The highest BCUT2D eigenvalue weighted by Gasteiger charge is 2.31. The minimum Gasteiger partial charge on any atom is -0.508 e. The lowest BCUT2D eigenvalue weighted by Gasteiger charge is -2.23. The van der Waals surface area contributed by atoms with Crippen LogP contribution in [0.15, 0.2) is 215 Å². The summed E-state index contributed by atoms with van der Waals surface area (Å²) in [4.78, 5) is 79.6. The normalized spacial score (nSPS) is 11.6. The number of rotatable bonds is 25. The van der Waals surface area contributed by atoms with Crippen LogP contribution >= 0.6 is 0 Å². The van der Waals surface area contributed by atoms with Crippen molar-refractivity contribution >= 4 is 46.7 Å². The van der Waals surface area contributed by atoms with Crippen LogP contribution in [0, 0.1) is 13.8 Å². The van der Waals surface area contributed by atoms with Gasteiger partial charge in [0, 0.05) is 76.1 Å². The molecule has 0 aliphatic carbocycles. The minimum absolute atomic E-state index is 0.0212. The zero-order valence-electron chi connectivity index (χ0n) is 47.9. The Labute approximate surface area is 502 Å². The molecule has 0 bridgehead atoms. The van der Waals surface area contributed by atoms with Gasteiger partial charge in [-0.05, 0) is 122 Å². The number of nitrogens with zero attached hydrogens (tertiary/aromatic N) is 2. The Kier molecular flexibility index (Phi) is 19.0. The lowest BCUT2D eigenvalue weighted by Crippen LogP contribution is -2.40. The average molecular weight is 1160 g/mol. The van der Waals surface area contributed by atoms with Crippen molar-refractivity contribution in [3.63, 3.8) is 0 Å². The van der Waals surface area contributed by atoms with E-state index in [0.717, 1.165) is 22.5 Å². The lowest BCUT2D eigenvalue weighted by atomic mass is 9.99. The molecule has 0 saturated heterocycles. The number of ether oxygens (including phenoxy) is 4. The van der Waals surface area contributed by atoms with Crippen molar-refractivity contribution in [3.8, 4) is 40.2 Å². The van der Waals surface area contributed by atoms with E-state index in [1.165, 1.54) is 25.3 Å². The van der Waals surface area contributed by atoms with Gasteiger partial charge in [0.2, 0.25) is 11.8 Å². The average Bonchev–Trinajstić information content (AvgIpc) is 3.96. The number of aromatic nitrogens is 2. The molecule has 0 radical (unpaired) electrons. The van der Waals surface area contributed by atoms with Crippen molar-refractivity contribution in [2.75, 3.05) is 36.3 Å². The molecule has 87 heavy (non-hydrogen) atoms. The van der Waals surface area contributed by atoms with E-state index in [1.807, 2.05) is 74.5 Å². The number of oxazole rings is 2. The van der Waals surface area contributed by atoms with Crippen LogP contribution in [0.4, 0.5) is 21.9 Å². The van der Waals surface area contributed by atoms with E-state index in [2.05, 4.69) is 20.9 Å². The third kappa shape index (κ3) is 15.4. The number of carbonyl (C=O) groups is 5. The third-order valence-electron chi connectivity index (χ3n) is 14.2. The fraction of sp³-hybridized carbons (Fsp3) is 0.157. The lowest BCUT2D eigenvalue weighted by molar-refractivity contribution is -0.160. The van der Waals surface area contributed by atoms with Gasteiger partial charge in [0.1, 0.15) is 40.9 Å². The molecule has 10 rings (SSSR count). The summed E-state index contributed by atoms with van der Waals surface area (Å²) in [5, 5.41) is 19.3. The fourth-order valence-corrected chi connectivity index (χ4v) is 9.66. The number of carbonyl (C=O) groups excluding carboxylic acids is 5. The molecule has 4 N–H and O–H groups in total. The predicted octanol–water partition coefficient (Wildman–Crippen LogP) is 13.0. The molecular weight excluding hydrogens is 1100 g/mol. The number of nitrogens with one attached hydrogen (secondary N) is 3. The number of ketones is 2. The smallest absolute Gasteiger partial charge is 0.411 e. The maximum Gasteiger partial charge on any atom is 0.411 e. The maximum atomic E-state index is 14.9. The molecule has 17 nitrogen and oxygen atoms in total. The first-order valence-corrected chi connectivity index (χ1v) is 28.1. The van der Waals surface area contributed by atoms with Gasteiger partial charge in [-0.15, -0.1) is 0 Å². The summed E-state index contributed by atoms with van der Waals surface area (Å²) in [6, 6.07) is 56.5. The van der Waals surface area contributed by atoms with Crippen molar-refractivity contribution in [1.29, 1.82) is 0 Å². The Balaban J connectivity index is 0.896. The largest absolute Gasteiger partial charge is 0.508 e. The highest BCUT2D eigenvalue weighted by Crippen LogP contribution is 2.29. The fourth-order valence-electron chi connectivity index (χ4n) is 9.66. The summed E-state index contributed by atoms with van der Waals surface area (Å²) in [6.07, 6.45) is 0.204. The number of benzene rings is 8. The molecule has 2 aromatic heterocycles. The van der Waals surface area contributed by atoms with Gasteiger partial charge < -0.3 is 43.5 Å². The summed E-state index contributed by atoms with van der Waals surface area (Å²) in [5.74, 6) is 0.665. The van der Waals surface area contributed by atoms with E-state index < -0.39 is 41.7 Å². The molecule has 0 spiro atoms. The van der Waals surface area contributed by atoms with Crippen LogP contribution in [0.25, 0.3) is 22.9 Å². The summed E-state index contributed by atoms with van der Waals surface area (Å²) in [6.45, 7) is 4.33. The summed E-state index contributed by atoms with van der Waals surface area (Å²) in [5.41, 5.74) is 6.26. The first-order chi connectivity index (χ1) is 42.3. The van der Waals surface area contributed by atoms with Crippen molar-refractivity contribution in [2.24, 2.45) is 0 Å². The molecule has 0 aliphatic heterocycles. The van der Waals surface area contributed by atoms with Crippen LogP contribution in [0.1, 0.15) is 65.9 Å². The number of aryl methyl sites for hydroxylation is 2. The SMILES string of the molecule is COC(=O)Nc1cccc(C(=O)c2ccccc2NC(Cc2ccc(OCCc3nc(-c4ccccc4)oc3C)cc2)C(=O)OC(=O)C(Cc2ccc(OCCc3nc(-c4ccccc4)oc3C)cc2)Nc2ccccc2C(=O)c2cccc(O)c2)c1. The van der Waals surface area contributed by atoms with Crippen LogP contribution in [-0.4, -0.2) is 77.1 Å². The van der Waals surface area contributed by atoms with Gasteiger partial charge in [-0.3, -0.25) is 14.9 Å². The number of anilines is 3. The van der Waals surface area contributed by atoms with Gasteiger partial charge in [0.05, 0.1) is 31.7 Å². The summed E-state index contributed by atoms with van der Waals surface area (Å²) < 4.78 is 34.8. The Morgan fingerprint density at radius 1 is 0.506 bits per heavy atom. The molecule has 2 atom stereocenters. The van der Waals surface area contributed by atoms with Gasteiger partial charge in [-0.25, -0.2) is 24.4 Å². The summed E-state index contributed by atoms with van der Waals surface area (Å²) in [7, 11) is 1.23. The Bertz CT molecular complexity index is 4030. The quantitative estimate of drug-likeness (QED) is 0.0237. The molecule has 8 aromatic carbocycles. The third-order valence-corrected chi connectivity index (χ3v) is 14.2. The highest BCUT2D eigenvalue weighted by molar-refractivity contribution is 6.14. The zero-order chi connectivity index (χ0) is 60.7. The van der Waals surface area contributed by atoms with E-state index in [0.29, 0.717) is 77.7 Å². The molecule has 438 valence electrons. The number of para-hydroxylation sites is 2. The van der Waals surface area contributed by atoms with E-state index in [4.69, 9.17) is 32.8 Å². The van der Waals surface area contributed by atoms with Gasteiger partial charge in [0.15, 0.2) is 11.6 Å². The van der Waals surface area contributed by atoms with Crippen molar-refractivity contribution in [2.45, 2.75) is 51.6 Å². The zero-order valence-corrected chi connectivity index (χ0v) is 47.9. The number of amides is 1. The molecule has 0 saturated carbocycles. The molecule has 0 aliphatic rings. The van der Waals surface area contributed by atoms with E-state index in [1.54, 1.807) is 127 Å². The predicted molar refractivity (Wildman–Crippen MR) is 328 cm³/mol. The Morgan fingerprint density at radius 3 is 1.40 bits per heavy atom. The molecule has 17 heteroatoms. The minimum atomic E-state index is -1.28. The molecule has 1 amide bonds. The molecule has 10 aromatic rings. The van der Waals surface area contributed by atoms with Crippen molar-refractivity contribution in [3.05, 3.63) is 263 Å². The standard InChI is InChI=1S/C70H61N5O12/c1-44-58(74-66(85-44)48-16-6-4-7-17-48)36-38-83-54-32-28-46(29-33-54)40-62(72-60-26-12-10-24-56(60)64(77)50-20-14-22-52(42-50)71-70(81)82-3)68(79)87-69(80)63(73-61-27-13-11-25-57(61)65(78)51-21-15-23-53(76)43-51)41-47-30-34-55(35-31-47)84-39-37-59-45(2)86-67(75-59)49-18-8-5-9-19-49/h4-35,42-43,62-63,72-73,76H,36-41H2,1-3H3,(H,71,81). The number of phenolic OH excluding ortho intramolecular Hbond substituents is 1. The second-order valence-corrected chi connectivity index (χ2v) is 20.3. The number of hydrogen-bond acceptors (Lipinski definition) is 16. The Morgan fingerprint density at radius 2 is 0.943 bits per heavy atom.